The Bertz CT molecular complexity index is 508. The number of likely N-dealkylation sites (tertiary alicyclic amines) is 1. The molecule has 0 aromatic heterocycles. The van der Waals surface area contributed by atoms with Crippen molar-refractivity contribution in [2.24, 2.45) is 5.92 Å². The number of anilines is 1. The zero-order valence-corrected chi connectivity index (χ0v) is 14.9. The highest BCUT2D eigenvalue weighted by Gasteiger charge is 2.20. The van der Waals surface area contributed by atoms with Gasteiger partial charge in [0.25, 0.3) is 0 Å². The molecule has 1 aliphatic heterocycles. The third-order valence-electron chi connectivity index (χ3n) is 4.08. The van der Waals surface area contributed by atoms with Gasteiger partial charge >= 0.3 is 0 Å². The van der Waals surface area contributed by atoms with Crippen molar-refractivity contribution < 1.29 is 9.18 Å². The number of carbonyl (C=O) groups is 1. The quantitative estimate of drug-likeness (QED) is 0.815. The Morgan fingerprint density at radius 1 is 1.39 bits per heavy atom. The van der Waals surface area contributed by atoms with Crippen molar-refractivity contribution in [3.8, 4) is 0 Å². The summed E-state index contributed by atoms with van der Waals surface area (Å²) in [7, 11) is 1.97. The average Bonchev–Trinajstić information content (AvgIpc) is 2.50. The van der Waals surface area contributed by atoms with Crippen molar-refractivity contribution in [1.29, 1.82) is 0 Å². The van der Waals surface area contributed by atoms with Gasteiger partial charge in [-0.1, -0.05) is 11.6 Å². The first-order chi connectivity index (χ1) is 10.6. The van der Waals surface area contributed by atoms with Gasteiger partial charge in [-0.15, -0.1) is 12.4 Å². The minimum Gasteiger partial charge on any atom is -0.322 e. The van der Waals surface area contributed by atoms with Crippen molar-refractivity contribution in [3.05, 3.63) is 29.0 Å². The van der Waals surface area contributed by atoms with E-state index in [1.54, 1.807) is 0 Å². The fraction of sp³-hybridized carbons (Fsp3) is 0.562. The average molecular weight is 364 g/mol. The SMILES string of the molecule is CNCCC1CCN(CC(=O)Nc2cc(Cl)ccc2F)CC1.Cl. The van der Waals surface area contributed by atoms with E-state index in [2.05, 4.69) is 15.5 Å². The number of piperidine rings is 1. The first kappa shape index (κ1) is 20.2. The second-order valence-corrected chi connectivity index (χ2v) is 6.22. The molecule has 2 N–H and O–H groups in total. The molecule has 2 rings (SSSR count). The van der Waals surface area contributed by atoms with Crippen LogP contribution in [0.1, 0.15) is 19.3 Å². The molecule has 1 amide bonds. The van der Waals surface area contributed by atoms with Crippen LogP contribution in [0.25, 0.3) is 0 Å². The van der Waals surface area contributed by atoms with Crippen LogP contribution < -0.4 is 10.6 Å². The minimum absolute atomic E-state index is 0. The number of hydrogen-bond donors (Lipinski definition) is 2. The fourth-order valence-corrected chi connectivity index (χ4v) is 2.94. The molecule has 1 saturated heterocycles. The number of rotatable bonds is 6. The third kappa shape index (κ3) is 6.63. The van der Waals surface area contributed by atoms with Crippen molar-refractivity contribution in [2.75, 3.05) is 38.5 Å². The van der Waals surface area contributed by atoms with Crippen LogP contribution in [0.3, 0.4) is 0 Å². The van der Waals surface area contributed by atoms with Crippen LogP contribution in [-0.4, -0.2) is 44.0 Å². The van der Waals surface area contributed by atoms with Crippen molar-refractivity contribution >= 4 is 35.6 Å². The van der Waals surface area contributed by atoms with Crippen LogP contribution in [0, 0.1) is 11.7 Å². The molecule has 1 aromatic carbocycles. The van der Waals surface area contributed by atoms with E-state index < -0.39 is 5.82 Å². The molecule has 0 unspecified atom stereocenters. The second-order valence-electron chi connectivity index (χ2n) is 5.78. The van der Waals surface area contributed by atoms with Crippen molar-refractivity contribution in [1.82, 2.24) is 10.2 Å². The largest absolute Gasteiger partial charge is 0.322 e. The highest BCUT2D eigenvalue weighted by molar-refractivity contribution is 6.30. The number of carbonyl (C=O) groups excluding carboxylic acids is 1. The summed E-state index contributed by atoms with van der Waals surface area (Å²) in [6.45, 7) is 3.17. The smallest absolute Gasteiger partial charge is 0.238 e. The Labute approximate surface area is 148 Å². The number of nitrogens with zero attached hydrogens (tertiary/aromatic N) is 1. The van der Waals surface area contributed by atoms with Crippen LogP contribution >= 0.6 is 24.0 Å². The van der Waals surface area contributed by atoms with Gasteiger partial charge in [-0.05, 0) is 70.1 Å². The molecule has 0 aliphatic carbocycles. The summed E-state index contributed by atoms with van der Waals surface area (Å²) < 4.78 is 13.6. The molecule has 1 fully saturated rings. The molecule has 1 aromatic rings. The van der Waals surface area contributed by atoms with Crippen LogP contribution in [0.15, 0.2) is 18.2 Å². The Kier molecular flexibility index (Phi) is 8.84. The number of halogens is 3. The van der Waals surface area contributed by atoms with Gasteiger partial charge in [0.1, 0.15) is 5.82 Å². The zero-order valence-electron chi connectivity index (χ0n) is 13.3. The van der Waals surface area contributed by atoms with E-state index >= 15 is 0 Å². The molecule has 0 atom stereocenters. The highest BCUT2D eigenvalue weighted by atomic mass is 35.5. The maximum absolute atomic E-state index is 13.6. The number of amides is 1. The number of benzene rings is 1. The maximum atomic E-state index is 13.6. The van der Waals surface area contributed by atoms with Gasteiger partial charge < -0.3 is 10.6 Å². The molecule has 130 valence electrons. The predicted octanol–water partition coefficient (Wildman–Crippen LogP) is 3.16. The van der Waals surface area contributed by atoms with E-state index in [9.17, 15) is 9.18 Å². The lowest BCUT2D eigenvalue weighted by molar-refractivity contribution is -0.117. The predicted molar refractivity (Wildman–Crippen MR) is 95.0 cm³/mol. The summed E-state index contributed by atoms with van der Waals surface area (Å²) in [6.07, 6.45) is 3.41. The van der Waals surface area contributed by atoms with Crippen LogP contribution in [-0.2, 0) is 4.79 Å². The first-order valence-corrected chi connectivity index (χ1v) is 8.08. The summed E-state index contributed by atoms with van der Waals surface area (Å²) in [4.78, 5) is 14.1. The molecule has 1 aliphatic rings. The molecule has 0 bridgehead atoms. The van der Waals surface area contributed by atoms with Gasteiger partial charge in [0.05, 0.1) is 12.2 Å². The zero-order chi connectivity index (χ0) is 15.9. The monoisotopic (exact) mass is 363 g/mol. The van der Waals surface area contributed by atoms with Gasteiger partial charge in [0.2, 0.25) is 5.91 Å². The van der Waals surface area contributed by atoms with E-state index in [4.69, 9.17) is 11.6 Å². The van der Waals surface area contributed by atoms with Crippen LogP contribution in [0.2, 0.25) is 5.02 Å². The number of nitrogens with one attached hydrogen (secondary N) is 2. The summed E-state index contributed by atoms with van der Waals surface area (Å²) >= 11 is 5.82. The molecular weight excluding hydrogens is 340 g/mol. The second kappa shape index (κ2) is 10.1. The Hall–Kier alpha value is -0.880. The van der Waals surface area contributed by atoms with E-state index in [0.29, 0.717) is 11.6 Å². The molecular formula is C16H24Cl2FN3O. The van der Waals surface area contributed by atoms with Crippen LogP contribution in [0.5, 0.6) is 0 Å². The summed E-state index contributed by atoms with van der Waals surface area (Å²) in [6, 6.07) is 4.15. The normalized spacial score (nSPS) is 16.0. The molecule has 23 heavy (non-hydrogen) atoms. The molecule has 7 heteroatoms. The standard InChI is InChI=1S/C16H23ClFN3O.ClH/c1-19-7-4-12-5-8-21(9-6-12)11-16(22)20-15-10-13(17)2-3-14(15)18;/h2-3,10,12,19H,4-9,11H2,1H3,(H,20,22);1H. The third-order valence-corrected chi connectivity index (χ3v) is 4.31. The van der Waals surface area contributed by atoms with Gasteiger partial charge in [0, 0.05) is 5.02 Å². The lowest BCUT2D eigenvalue weighted by Crippen LogP contribution is -2.39. The van der Waals surface area contributed by atoms with E-state index in [-0.39, 0.29) is 24.0 Å². The van der Waals surface area contributed by atoms with Gasteiger partial charge in [-0.2, -0.15) is 0 Å². The van der Waals surface area contributed by atoms with Crippen molar-refractivity contribution in [2.45, 2.75) is 19.3 Å². The lowest BCUT2D eigenvalue weighted by atomic mass is 9.93. The van der Waals surface area contributed by atoms with Gasteiger partial charge in [-0.25, -0.2) is 4.39 Å². The Balaban J connectivity index is 0.00000264. The first-order valence-electron chi connectivity index (χ1n) is 7.70. The van der Waals surface area contributed by atoms with Crippen molar-refractivity contribution in [3.63, 3.8) is 0 Å². The van der Waals surface area contributed by atoms with E-state index in [1.807, 2.05) is 7.05 Å². The topological polar surface area (TPSA) is 44.4 Å². The highest BCUT2D eigenvalue weighted by Crippen LogP contribution is 2.21. The number of hydrogen-bond acceptors (Lipinski definition) is 3. The maximum Gasteiger partial charge on any atom is 0.238 e. The van der Waals surface area contributed by atoms with Gasteiger partial charge in [-0.3, -0.25) is 9.69 Å². The van der Waals surface area contributed by atoms with E-state index in [0.717, 1.165) is 38.4 Å². The Morgan fingerprint density at radius 2 is 2.09 bits per heavy atom. The molecule has 0 radical (unpaired) electrons. The molecule has 4 nitrogen and oxygen atoms in total. The molecule has 0 saturated carbocycles. The summed E-state index contributed by atoms with van der Waals surface area (Å²) in [5.41, 5.74) is 0.140. The molecule has 1 heterocycles. The summed E-state index contributed by atoms with van der Waals surface area (Å²) in [5, 5.41) is 6.17. The summed E-state index contributed by atoms with van der Waals surface area (Å²) in [5.74, 6) is 0.0653. The van der Waals surface area contributed by atoms with Crippen LogP contribution in [0.4, 0.5) is 10.1 Å². The van der Waals surface area contributed by atoms with E-state index in [1.165, 1.54) is 24.6 Å². The molecule has 0 spiro atoms. The Morgan fingerprint density at radius 3 is 2.74 bits per heavy atom. The lowest BCUT2D eigenvalue weighted by Gasteiger charge is -2.31. The fourth-order valence-electron chi connectivity index (χ4n) is 2.77. The van der Waals surface area contributed by atoms with Gasteiger partial charge in [0.15, 0.2) is 0 Å². The minimum atomic E-state index is -0.469.